The zero-order valence-corrected chi connectivity index (χ0v) is 8.21. The average molecular weight is 191 g/mol. The van der Waals surface area contributed by atoms with Crippen molar-refractivity contribution < 1.29 is 15.3 Å². The number of aliphatic hydroxyl groups is 1. The molecule has 0 amide bonds. The molecule has 0 aromatic heterocycles. The van der Waals surface area contributed by atoms with E-state index in [2.05, 4.69) is 5.28 Å². The summed E-state index contributed by atoms with van der Waals surface area (Å²) in [7, 11) is 1.47. The summed E-state index contributed by atoms with van der Waals surface area (Å²) in [6.07, 6.45) is 0.842. The molecule has 0 aromatic carbocycles. The first-order valence-electron chi connectivity index (χ1n) is 4.24. The minimum absolute atomic E-state index is 0.0625. The van der Waals surface area contributed by atoms with Gasteiger partial charge in [0.2, 0.25) is 5.28 Å². The summed E-state index contributed by atoms with van der Waals surface area (Å²) in [5, 5.41) is 31.7. The molecule has 2 N–H and O–H groups in total. The summed E-state index contributed by atoms with van der Waals surface area (Å²) in [5.41, 5.74) is 0. The van der Waals surface area contributed by atoms with E-state index in [-0.39, 0.29) is 23.5 Å². The Kier molecular flexibility index (Phi) is 5.13. The highest BCUT2D eigenvalue weighted by molar-refractivity contribution is 4.68. The third-order valence-corrected chi connectivity index (χ3v) is 2.31. The van der Waals surface area contributed by atoms with Crippen molar-refractivity contribution in [3.8, 4) is 0 Å². The SMILES string of the molecule is CC[C@@H](C)[C@@H](CO)N(C)[N+]([O-])=NO. The van der Waals surface area contributed by atoms with Crippen LogP contribution in [-0.2, 0) is 0 Å². The second kappa shape index (κ2) is 5.58. The zero-order chi connectivity index (χ0) is 10.4. The van der Waals surface area contributed by atoms with Gasteiger partial charge >= 0.3 is 0 Å². The van der Waals surface area contributed by atoms with Crippen LogP contribution in [0.3, 0.4) is 0 Å². The fourth-order valence-electron chi connectivity index (χ4n) is 1.13. The van der Waals surface area contributed by atoms with E-state index in [0.717, 1.165) is 11.4 Å². The van der Waals surface area contributed by atoms with Gasteiger partial charge in [-0.2, -0.15) is 0 Å². The molecule has 0 spiro atoms. The topological polar surface area (TPSA) is 82.1 Å². The van der Waals surface area contributed by atoms with Gasteiger partial charge in [0.15, 0.2) is 0 Å². The summed E-state index contributed by atoms with van der Waals surface area (Å²) in [6.45, 7) is 3.74. The van der Waals surface area contributed by atoms with Crippen LogP contribution in [0.4, 0.5) is 0 Å². The van der Waals surface area contributed by atoms with Gasteiger partial charge in [-0.3, -0.25) is 0 Å². The van der Waals surface area contributed by atoms with Gasteiger partial charge in [0.05, 0.1) is 18.6 Å². The average Bonchev–Trinajstić information content (AvgIpc) is 2.17. The maximum absolute atomic E-state index is 10.8. The maximum Gasteiger partial charge on any atom is 0.230 e. The molecule has 0 saturated heterocycles. The molecule has 0 aliphatic heterocycles. The summed E-state index contributed by atoms with van der Waals surface area (Å²) in [6, 6.07) is -0.321. The van der Waals surface area contributed by atoms with Crippen LogP contribution in [0.5, 0.6) is 0 Å². The smallest absolute Gasteiger partial charge is 0.230 e. The lowest BCUT2D eigenvalue weighted by atomic mass is 10.00. The first kappa shape index (κ1) is 12.0. The lowest BCUT2D eigenvalue weighted by Gasteiger charge is -2.26. The molecule has 0 saturated carbocycles. The van der Waals surface area contributed by atoms with Crippen LogP contribution in [0.2, 0.25) is 0 Å². The highest BCUT2D eigenvalue weighted by Gasteiger charge is 2.25. The van der Waals surface area contributed by atoms with Crippen LogP contribution in [0.25, 0.3) is 0 Å². The molecule has 78 valence electrons. The fraction of sp³-hybridized carbons (Fsp3) is 1.00. The van der Waals surface area contributed by atoms with Crippen LogP contribution < -0.4 is 0 Å². The van der Waals surface area contributed by atoms with Gasteiger partial charge in [-0.15, -0.1) is 5.01 Å². The Morgan fingerprint density at radius 3 is 2.46 bits per heavy atom. The normalized spacial score (nSPS) is 16.8. The van der Waals surface area contributed by atoms with Gasteiger partial charge in [-0.1, -0.05) is 20.3 Å². The molecular weight excluding hydrogens is 174 g/mol. The Bertz CT molecular complexity index is 174. The number of rotatable bonds is 5. The van der Waals surface area contributed by atoms with Gasteiger partial charge < -0.3 is 15.5 Å². The number of hydrogen-bond donors (Lipinski definition) is 2. The Balaban J connectivity index is 4.39. The summed E-state index contributed by atoms with van der Waals surface area (Å²) in [5.74, 6) is 0.160. The van der Waals surface area contributed by atoms with Crippen molar-refractivity contribution in [2.24, 2.45) is 11.2 Å². The third-order valence-electron chi connectivity index (χ3n) is 2.31. The Hall–Kier alpha value is -1.04. The monoisotopic (exact) mass is 191 g/mol. The molecule has 0 aliphatic carbocycles. The van der Waals surface area contributed by atoms with Crippen molar-refractivity contribution in [2.45, 2.75) is 26.3 Å². The van der Waals surface area contributed by atoms with Crippen molar-refractivity contribution >= 4 is 0 Å². The molecule has 0 aromatic rings. The van der Waals surface area contributed by atoms with Crippen molar-refractivity contribution in [2.75, 3.05) is 13.7 Å². The van der Waals surface area contributed by atoms with E-state index in [1.165, 1.54) is 7.05 Å². The Labute approximate surface area is 77.6 Å². The minimum Gasteiger partial charge on any atom is -0.569 e. The van der Waals surface area contributed by atoms with Crippen LogP contribution >= 0.6 is 0 Å². The number of nitrogens with zero attached hydrogens (tertiary/aromatic N) is 3. The lowest BCUT2D eigenvalue weighted by Crippen LogP contribution is -2.43. The van der Waals surface area contributed by atoms with E-state index in [4.69, 9.17) is 10.3 Å². The molecule has 0 heterocycles. The molecule has 6 heteroatoms. The van der Waals surface area contributed by atoms with E-state index in [9.17, 15) is 5.21 Å². The van der Waals surface area contributed by atoms with E-state index in [0.29, 0.717) is 0 Å². The highest BCUT2D eigenvalue weighted by Crippen LogP contribution is 2.12. The lowest BCUT2D eigenvalue weighted by molar-refractivity contribution is -0.713. The van der Waals surface area contributed by atoms with Crippen molar-refractivity contribution in [1.82, 2.24) is 5.01 Å². The number of hydrogen-bond acceptors (Lipinski definition) is 3. The van der Waals surface area contributed by atoms with Gasteiger partial charge in [0.25, 0.3) is 0 Å². The molecule has 6 nitrogen and oxygen atoms in total. The van der Waals surface area contributed by atoms with E-state index < -0.39 is 0 Å². The molecule has 0 bridgehead atoms. The first-order chi connectivity index (χ1) is 6.08. The number of likely N-dealkylation sites (N-methyl/N-ethyl adjacent to an activating group) is 1. The molecule has 13 heavy (non-hydrogen) atoms. The van der Waals surface area contributed by atoms with E-state index in [1.54, 1.807) is 0 Å². The predicted molar refractivity (Wildman–Crippen MR) is 45.9 cm³/mol. The molecule has 0 unspecified atom stereocenters. The van der Waals surface area contributed by atoms with E-state index >= 15 is 0 Å². The molecule has 0 radical (unpaired) electrons. The molecule has 0 fully saturated rings. The quantitative estimate of drug-likeness (QED) is 0.378. The van der Waals surface area contributed by atoms with Gasteiger partial charge in [0.1, 0.15) is 6.04 Å². The minimum atomic E-state index is -0.321. The number of aliphatic hydroxyl groups excluding tert-OH is 1. The fourth-order valence-corrected chi connectivity index (χ4v) is 1.13. The second-order valence-electron chi connectivity index (χ2n) is 3.05. The largest absolute Gasteiger partial charge is 0.569 e. The van der Waals surface area contributed by atoms with Crippen LogP contribution in [-0.4, -0.2) is 40.0 Å². The standard InChI is InChI=1S/C7H17N3O3/c1-4-6(2)7(5-11)9(3)10(13)8-12/h6-7,11-12H,4-5H2,1-3H3/t6-,7-/m1/s1. The van der Waals surface area contributed by atoms with Gasteiger partial charge in [-0.05, 0) is 5.92 Å². The van der Waals surface area contributed by atoms with Crippen molar-refractivity contribution in [3.63, 3.8) is 0 Å². The maximum atomic E-state index is 10.8. The second-order valence-corrected chi connectivity index (χ2v) is 3.05. The summed E-state index contributed by atoms with van der Waals surface area (Å²) in [4.78, 5) is 0.0625. The molecule has 0 rings (SSSR count). The predicted octanol–water partition coefficient (Wildman–Crippen LogP) is 0.592. The molecule has 2 atom stereocenters. The van der Waals surface area contributed by atoms with E-state index in [1.807, 2.05) is 13.8 Å². The van der Waals surface area contributed by atoms with Crippen LogP contribution in [0.15, 0.2) is 5.28 Å². The third kappa shape index (κ3) is 3.06. The van der Waals surface area contributed by atoms with Gasteiger partial charge in [0, 0.05) is 0 Å². The number of hydrazine groups is 1. The van der Waals surface area contributed by atoms with Crippen LogP contribution in [0.1, 0.15) is 20.3 Å². The zero-order valence-electron chi connectivity index (χ0n) is 8.21. The van der Waals surface area contributed by atoms with Crippen molar-refractivity contribution in [3.05, 3.63) is 5.21 Å². The summed E-state index contributed by atoms with van der Waals surface area (Å²) < 4.78 is 0. The van der Waals surface area contributed by atoms with Crippen LogP contribution in [0, 0.1) is 11.1 Å². The molecular formula is C7H17N3O3. The van der Waals surface area contributed by atoms with Gasteiger partial charge in [-0.25, -0.2) is 0 Å². The van der Waals surface area contributed by atoms with Crippen molar-refractivity contribution in [1.29, 1.82) is 0 Å². The Morgan fingerprint density at radius 1 is 1.62 bits per heavy atom. The highest BCUT2D eigenvalue weighted by atomic mass is 16.6. The summed E-state index contributed by atoms with van der Waals surface area (Å²) >= 11 is 0. The first-order valence-corrected chi connectivity index (χ1v) is 4.24. The molecule has 0 aliphatic rings. The Morgan fingerprint density at radius 2 is 2.15 bits per heavy atom.